The quantitative estimate of drug-likeness (QED) is 0.848. The van der Waals surface area contributed by atoms with Crippen molar-refractivity contribution in [1.82, 2.24) is 14.2 Å². The number of aromatic carboxylic acids is 1. The molecule has 9 heteroatoms. The van der Waals surface area contributed by atoms with E-state index in [9.17, 15) is 13.2 Å². The zero-order chi connectivity index (χ0) is 15.0. The van der Waals surface area contributed by atoms with Crippen LogP contribution >= 0.6 is 11.3 Å². The number of carboxylic acid groups (broad SMARTS) is 1. The number of hydrogen-bond acceptors (Lipinski definition) is 6. The molecule has 1 aromatic rings. The molecule has 0 unspecified atom stereocenters. The third kappa shape index (κ3) is 3.10. The van der Waals surface area contributed by atoms with Gasteiger partial charge in [0.25, 0.3) is 10.0 Å². The molecule has 1 saturated heterocycles. The molecule has 2 aliphatic rings. The molecule has 0 radical (unpaired) electrons. The summed E-state index contributed by atoms with van der Waals surface area (Å²) >= 11 is 0.865. The lowest BCUT2D eigenvalue weighted by molar-refractivity contribution is 0.0687. The molecule has 2 heterocycles. The fraction of sp³-hybridized carbons (Fsp3) is 0.667. The van der Waals surface area contributed by atoms with Crippen LogP contribution in [0.4, 0.5) is 0 Å². The molecule has 0 bridgehead atoms. The fourth-order valence-electron chi connectivity index (χ4n) is 2.50. The predicted molar refractivity (Wildman–Crippen MR) is 77.0 cm³/mol. The first-order valence-corrected chi connectivity index (χ1v) is 9.19. The highest BCUT2D eigenvalue weighted by Gasteiger charge is 2.34. The standard InChI is InChI=1S/C12H17N3O4S2/c16-11(17)10-12(20-8-13-10)21(18,19)15-5-3-14(4-6-15)7-9-1-2-9/h8-9H,1-7H2,(H,16,17). The van der Waals surface area contributed by atoms with Crippen LogP contribution in [-0.4, -0.2) is 66.4 Å². The maximum atomic E-state index is 12.5. The second-order valence-corrected chi connectivity index (χ2v) is 8.43. The van der Waals surface area contributed by atoms with Gasteiger partial charge in [-0.3, -0.25) is 0 Å². The first kappa shape index (κ1) is 14.9. The first-order valence-electron chi connectivity index (χ1n) is 6.88. The van der Waals surface area contributed by atoms with Crippen LogP contribution in [0.25, 0.3) is 0 Å². The van der Waals surface area contributed by atoms with Crippen LogP contribution < -0.4 is 0 Å². The van der Waals surface area contributed by atoms with E-state index in [0.717, 1.165) is 23.8 Å². The Balaban J connectivity index is 1.70. The summed E-state index contributed by atoms with van der Waals surface area (Å²) in [4.78, 5) is 17.0. The molecule has 0 spiro atoms. The summed E-state index contributed by atoms with van der Waals surface area (Å²) in [6, 6.07) is 0. The van der Waals surface area contributed by atoms with Gasteiger partial charge in [-0.25, -0.2) is 18.2 Å². The van der Waals surface area contributed by atoms with Gasteiger partial charge < -0.3 is 10.0 Å². The number of aromatic nitrogens is 1. The van der Waals surface area contributed by atoms with Crippen LogP contribution in [0.2, 0.25) is 0 Å². The summed E-state index contributed by atoms with van der Waals surface area (Å²) < 4.78 is 26.3. The molecule has 3 rings (SSSR count). The molecule has 1 N–H and O–H groups in total. The average molecular weight is 331 g/mol. The van der Waals surface area contributed by atoms with Crippen molar-refractivity contribution in [1.29, 1.82) is 0 Å². The molecule has 0 aromatic carbocycles. The molecule has 0 atom stereocenters. The summed E-state index contributed by atoms with van der Waals surface area (Å²) in [6.07, 6.45) is 2.56. The molecule has 116 valence electrons. The SMILES string of the molecule is O=C(O)c1ncsc1S(=O)(=O)N1CCN(CC2CC2)CC1. The Hall–Kier alpha value is -1.03. The van der Waals surface area contributed by atoms with Crippen LogP contribution in [0.1, 0.15) is 23.3 Å². The lowest BCUT2D eigenvalue weighted by Crippen LogP contribution is -2.49. The van der Waals surface area contributed by atoms with E-state index in [4.69, 9.17) is 5.11 Å². The summed E-state index contributed by atoms with van der Waals surface area (Å²) in [6.45, 7) is 3.28. The Labute approximate surface area is 127 Å². The minimum absolute atomic E-state index is 0.161. The van der Waals surface area contributed by atoms with Crippen LogP contribution in [0, 0.1) is 5.92 Å². The van der Waals surface area contributed by atoms with Gasteiger partial charge >= 0.3 is 5.97 Å². The lowest BCUT2D eigenvalue weighted by atomic mass is 10.3. The van der Waals surface area contributed by atoms with E-state index in [1.54, 1.807) is 0 Å². The normalized spacial score (nSPS) is 21.5. The van der Waals surface area contributed by atoms with Crippen molar-refractivity contribution >= 4 is 27.3 Å². The number of carboxylic acids is 1. The zero-order valence-electron chi connectivity index (χ0n) is 11.4. The molecule has 1 aromatic heterocycles. The van der Waals surface area contributed by atoms with Gasteiger partial charge in [-0.2, -0.15) is 4.31 Å². The Kier molecular flexibility index (Phi) is 4.00. The minimum Gasteiger partial charge on any atom is -0.476 e. The number of carbonyl (C=O) groups is 1. The van der Waals surface area contributed by atoms with Crippen molar-refractivity contribution < 1.29 is 18.3 Å². The van der Waals surface area contributed by atoms with Crippen molar-refractivity contribution in [2.75, 3.05) is 32.7 Å². The van der Waals surface area contributed by atoms with Crippen molar-refractivity contribution in [3.05, 3.63) is 11.2 Å². The third-order valence-corrected chi connectivity index (χ3v) is 7.10. The molecule has 1 aliphatic carbocycles. The zero-order valence-corrected chi connectivity index (χ0v) is 13.1. The maximum Gasteiger partial charge on any atom is 0.356 e. The van der Waals surface area contributed by atoms with Crippen molar-refractivity contribution in [2.45, 2.75) is 17.1 Å². The predicted octanol–water partition coefficient (Wildman–Crippen LogP) is 0.558. The van der Waals surface area contributed by atoms with Gasteiger partial charge in [0.1, 0.15) is 0 Å². The molecule has 1 aliphatic heterocycles. The van der Waals surface area contributed by atoms with E-state index >= 15 is 0 Å². The largest absolute Gasteiger partial charge is 0.476 e. The lowest BCUT2D eigenvalue weighted by Gasteiger charge is -2.33. The molecule has 7 nitrogen and oxygen atoms in total. The molecule has 21 heavy (non-hydrogen) atoms. The Morgan fingerprint density at radius 1 is 1.33 bits per heavy atom. The molecule has 0 amide bonds. The smallest absolute Gasteiger partial charge is 0.356 e. The summed E-state index contributed by atoms with van der Waals surface area (Å²) in [5, 5.41) is 9.02. The highest BCUT2D eigenvalue weighted by atomic mass is 32.2. The maximum absolute atomic E-state index is 12.5. The van der Waals surface area contributed by atoms with E-state index in [-0.39, 0.29) is 9.90 Å². The van der Waals surface area contributed by atoms with Gasteiger partial charge in [-0.15, -0.1) is 11.3 Å². The van der Waals surface area contributed by atoms with Gasteiger partial charge in [0.15, 0.2) is 9.90 Å². The van der Waals surface area contributed by atoms with Gasteiger partial charge in [0.05, 0.1) is 5.51 Å². The molecular formula is C12H17N3O4S2. The topological polar surface area (TPSA) is 90.8 Å². The number of sulfonamides is 1. The number of thiazole rings is 1. The molecule has 1 saturated carbocycles. The number of piperazine rings is 1. The van der Waals surface area contributed by atoms with Crippen LogP contribution in [-0.2, 0) is 10.0 Å². The van der Waals surface area contributed by atoms with Crippen LogP contribution in [0.5, 0.6) is 0 Å². The Bertz CT molecular complexity index is 631. The second kappa shape index (κ2) is 5.64. The third-order valence-electron chi connectivity index (χ3n) is 3.86. The van der Waals surface area contributed by atoms with Crippen molar-refractivity contribution in [2.24, 2.45) is 5.92 Å². The minimum atomic E-state index is -3.75. The summed E-state index contributed by atoms with van der Waals surface area (Å²) in [5.41, 5.74) is 0.889. The monoisotopic (exact) mass is 331 g/mol. The fourth-order valence-corrected chi connectivity index (χ4v) is 5.20. The second-order valence-electron chi connectivity index (χ2n) is 5.44. The van der Waals surface area contributed by atoms with E-state index in [1.165, 1.54) is 22.7 Å². The van der Waals surface area contributed by atoms with E-state index in [2.05, 4.69) is 9.88 Å². The molecule has 2 fully saturated rings. The van der Waals surface area contributed by atoms with E-state index in [1.807, 2.05) is 0 Å². The van der Waals surface area contributed by atoms with Crippen molar-refractivity contribution in [3.63, 3.8) is 0 Å². The van der Waals surface area contributed by atoms with E-state index < -0.39 is 16.0 Å². The number of rotatable bonds is 5. The first-order chi connectivity index (χ1) is 9.98. The van der Waals surface area contributed by atoms with Crippen LogP contribution in [0.15, 0.2) is 9.72 Å². The summed E-state index contributed by atoms with van der Waals surface area (Å²) in [5.74, 6) is -0.518. The Morgan fingerprint density at radius 3 is 2.57 bits per heavy atom. The van der Waals surface area contributed by atoms with Gasteiger partial charge in [0.2, 0.25) is 0 Å². The summed E-state index contributed by atoms with van der Waals surface area (Å²) in [7, 11) is -3.75. The van der Waals surface area contributed by atoms with Crippen molar-refractivity contribution in [3.8, 4) is 0 Å². The number of hydrogen-bond donors (Lipinski definition) is 1. The van der Waals surface area contributed by atoms with Crippen LogP contribution in [0.3, 0.4) is 0 Å². The highest BCUT2D eigenvalue weighted by molar-refractivity contribution is 7.91. The average Bonchev–Trinajstić information content (AvgIpc) is 3.10. The molecular weight excluding hydrogens is 314 g/mol. The highest BCUT2D eigenvalue weighted by Crippen LogP contribution is 2.30. The van der Waals surface area contributed by atoms with Gasteiger partial charge in [-0.05, 0) is 18.8 Å². The number of nitrogens with zero attached hydrogens (tertiary/aromatic N) is 3. The van der Waals surface area contributed by atoms with Gasteiger partial charge in [-0.1, -0.05) is 0 Å². The van der Waals surface area contributed by atoms with Gasteiger partial charge in [0, 0.05) is 32.7 Å². The Morgan fingerprint density at radius 2 is 2.00 bits per heavy atom. The van der Waals surface area contributed by atoms with E-state index in [0.29, 0.717) is 26.2 Å².